The molecular weight excluding hydrogens is 362 g/mol. The second-order valence-corrected chi connectivity index (χ2v) is 8.54. The number of nitrogens with zero attached hydrogens (tertiary/aromatic N) is 1. The van der Waals surface area contributed by atoms with Gasteiger partial charge in [-0.2, -0.15) is 0 Å². The van der Waals surface area contributed by atoms with Crippen molar-refractivity contribution in [3.8, 4) is 11.1 Å². The van der Waals surface area contributed by atoms with E-state index in [0.717, 1.165) is 19.3 Å². The second-order valence-electron chi connectivity index (χ2n) is 8.54. The highest BCUT2D eigenvalue weighted by atomic mass is 15.1. The number of hydrogen-bond donors (Lipinski definition) is 0. The van der Waals surface area contributed by atoms with Gasteiger partial charge in [0.2, 0.25) is 0 Å². The van der Waals surface area contributed by atoms with Crippen LogP contribution in [0, 0.1) is 5.92 Å². The molecule has 1 atom stereocenters. The van der Waals surface area contributed by atoms with E-state index in [1.165, 1.54) is 39.2 Å². The molecule has 146 valence electrons. The van der Waals surface area contributed by atoms with Crippen LogP contribution in [-0.2, 0) is 6.42 Å². The summed E-state index contributed by atoms with van der Waals surface area (Å²) < 4.78 is 0. The van der Waals surface area contributed by atoms with Gasteiger partial charge in [-0.3, -0.25) is 0 Å². The van der Waals surface area contributed by atoms with Gasteiger partial charge in [-0.25, -0.2) is 0 Å². The number of anilines is 2. The van der Waals surface area contributed by atoms with Gasteiger partial charge in [0.1, 0.15) is 0 Å². The van der Waals surface area contributed by atoms with Crippen LogP contribution in [0.2, 0.25) is 0 Å². The van der Waals surface area contributed by atoms with Gasteiger partial charge in [-0.15, -0.1) is 0 Å². The standard InChI is InChI=1S/C29H25N/c1-30(25-16-12-21(13-17-25)20-6-3-2-4-7-20)27-19-15-24-11-10-22-8-5-9-23-14-18-26(27)29(24)28(22)23/h2-7,9-13,15-17,19,22H,8,14,18H2,1H3. The first kappa shape index (κ1) is 17.5. The first-order chi connectivity index (χ1) is 14.8. The van der Waals surface area contributed by atoms with Crippen molar-refractivity contribution in [1.29, 1.82) is 0 Å². The van der Waals surface area contributed by atoms with Crippen molar-refractivity contribution in [3.05, 3.63) is 107 Å². The SMILES string of the molecule is CN(c1ccc(-c2ccccc2)cc1)c1ccc2c3c1CCC1=C3C(C=C2)CC=C1. The Morgan fingerprint density at radius 3 is 2.43 bits per heavy atom. The van der Waals surface area contributed by atoms with Crippen molar-refractivity contribution >= 4 is 23.0 Å². The molecule has 0 spiro atoms. The smallest absolute Gasteiger partial charge is 0.0447 e. The molecule has 0 saturated carbocycles. The third-order valence-corrected chi connectivity index (χ3v) is 6.89. The lowest BCUT2D eigenvalue weighted by molar-refractivity contribution is 0.793. The van der Waals surface area contributed by atoms with Crippen LogP contribution in [0.4, 0.5) is 11.4 Å². The molecule has 0 heterocycles. The quantitative estimate of drug-likeness (QED) is 0.452. The summed E-state index contributed by atoms with van der Waals surface area (Å²) in [5.41, 5.74) is 12.7. The van der Waals surface area contributed by atoms with Crippen LogP contribution in [0.1, 0.15) is 29.5 Å². The van der Waals surface area contributed by atoms with Gasteiger partial charge < -0.3 is 4.90 Å². The predicted octanol–water partition coefficient (Wildman–Crippen LogP) is 7.42. The number of benzene rings is 3. The Morgan fingerprint density at radius 1 is 0.800 bits per heavy atom. The van der Waals surface area contributed by atoms with E-state index >= 15 is 0 Å². The molecule has 0 bridgehead atoms. The summed E-state index contributed by atoms with van der Waals surface area (Å²) >= 11 is 0. The number of hydrogen-bond acceptors (Lipinski definition) is 1. The summed E-state index contributed by atoms with van der Waals surface area (Å²) in [5, 5.41) is 0. The fraction of sp³-hybridized carbons (Fsp3) is 0.172. The molecule has 0 aliphatic heterocycles. The lowest BCUT2D eigenvalue weighted by Crippen LogP contribution is -2.20. The minimum atomic E-state index is 0.558. The highest BCUT2D eigenvalue weighted by Crippen LogP contribution is 2.48. The average Bonchev–Trinajstić information content (AvgIpc) is 2.83. The van der Waals surface area contributed by atoms with E-state index in [1.54, 1.807) is 11.1 Å². The Labute approximate surface area is 178 Å². The van der Waals surface area contributed by atoms with Gasteiger partial charge in [0, 0.05) is 24.3 Å². The molecule has 30 heavy (non-hydrogen) atoms. The van der Waals surface area contributed by atoms with E-state index in [9.17, 15) is 0 Å². The first-order valence-electron chi connectivity index (χ1n) is 10.9. The fourth-order valence-electron chi connectivity index (χ4n) is 5.35. The van der Waals surface area contributed by atoms with Gasteiger partial charge in [-0.1, -0.05) is 72.8 Å². The third-order valence-electron chi connectivity index (χ3n) is 6.89. The molecule has 0 N–H and O–H groups in total. The summed E-state index contributed by atoms with van der Waals surface area (Å²) in [6.07, 6.45) is 12.9. The molecule has 0 saturated heterocycles. The monoisotopic (exact) mass is 387 g/mol. The topological polar surface area (TPSA) is 3.24 Å². The van der Waals surface area contributed by atoms with Crippen molar-refractivity contribution in [2.75, 3.05) is 11.9 Å². The summed E-state index contributed by atoms with van der Waals surface area (Å²) in [6, 6.07) is 24.2. The van der Waals surface area contributed by atoms with Gasteiger partial charge in [0.25, 0.3) is 0 Å². The molecule has 0 aromatic heterocycles. The maximum atomic E-state index is 2.40. The second kappa shape index (κ2) is 6.88. The maximum Gasteiger partial charge on any atom is 0.0447 e. The van der Waals surface area contributed by atoms with E-state index in [0.29, 0.717) is 5.92 Å². The van der Waals surface area contributed by atoms with Crippen LogP contribution < -0.4 is 4.90 Å². The Kier molecular flexibility index (Phi) is 4.02. The van der Waals surface area contributed by atoms with Gasteiger partial charge in [-0.05, 0) is 76.4 Å². The summed E-state index contributed by atoms with van der Waals surface area (Å²) in [7, 11) is 2.20. The fourth-order valence-corrected chi connectivity index (χ4v) is 5.35. The Bertz CT molecular complexity index is 1210. The Morgan fingerprint density at radius 2 is 1.60 bits per heavy atom. The lowest BCUT2D eigenvalue weighted by Gasteiger charge is -2.36. The lowest BCUT2D eigenvalue weighted by atomic mass is 9.71. The Balaban J connectivity index is 1.41. The molecule has 0 amide bonds. The highest BCUT2D eigenvalue weighted by Gasteiger charge is 2.31. The zero-order chi connectivity index (χ0) is 20.1. The number of rotatable bonds is 3. The van der Waals surface area contributed by atoms with Crippen molar-refractivity contribution in [2.45, 2.75) is 19.3 Å². The van der Waals surface area contributed by atoms with Crippen molar-refractivity contribution < 1.29 is 0 Å². The Hall–Kier alpha value is -3.32. The number of allylic oxidation sites excluding steroid dienone is 5. The first-order valence-corrected chi connectivity index (χ1v) is 10.9. The summed E-state index contributed by atoms with van der Waals surface area (Å²) in [6.45, 7) is 0. The van der Waals surface area contributed by atoms with Crippen LogP contribution in [0.3, 0.4) is 0 Å². The molecule has 6 rings (SSSR count). The maximum absolute atomic E-state index is 2.40. The van der Waals surface area contributed by atoms with Crippen LogP contribution in [0.5, 0.6) is 0 Å². The van der Waals surface area contributed by atoms with E-state index < -0.39 is 0 Å². The molecule has 1 nitrogen and oxygen atoms in total. The summed E-state index contributed by atoms with van der Waals surface area (Å²) in [4.78, 5) is 2.36. The third kappa shape index (κ3) is 2.69. The minimum Gasteiger partial charge on any atom is -0.344 e. The molecule has 3 aromatic carbocycles. The largest absolute Gasteiger partial charge is 0.344 e. The molecule has 0 radical (unpaired) electrons. The predicted molar refractivity (Wildman–Crippen MR) is 128 cm³/mol. The zero-order valence-electron chi connectivity index (χ0n) is 17.3. The average molecular weight is 388 g/mol. The van der Waals surface area contributed by atoms with Crippen LogP contribution >= 0.6 is 0 Å². The molecule has 3 aliphatic carbocycles. The van der Waals surface area contributed by atoms with E-state index in [1.807, 2.05) is 0 Å². The van der Waals surface area contributed by atoms with E-state index in [4.69, 9.17) is 0 Å². The van der Waals surface area contributed by atoms with Gasteiger partial charge in [0.15, 0.2) is 0 Å². The molecule has 0 fully saturated rings. The van der Waals surface area contributed by atoms with Crippen LogP contribution in [-0.4, -0.2) is 7.05 Å². The van der Waals surface area contributed by atoms with E-state index in [2.05, 4.69) is 103 Å². The highest BCUT2D eigenvalue weighted by molar-refractivity contribution is 5.90. The molecular formula is C29H25N. The van der Waals surface area contributed by atoms with Crippen molar-refractivity contribution in [3.63, 3.8) is 0 Å². The van der Waals surface area contributed by atoms with Crippen LogP contribution in [0.15, 0.2) is 90.5 Å². The van der Waals surface area contributed by atoms with E-state index in [-0.39, 0.29) is 0 Å². The van der Waals surface area contributed by atoms with Gasteiger partial charge >= 0.3 is 0 Å². The zero-order valence-corrected chi connectivity index (χ0v) is 17.3. The molecule has 3 aliphatic rings. The molecule has 1 heteroatoms. The molecule has 3 aromatic rings. The molecule has 1 unspecified atom stereocenters. The van der Waals surface area contributed by atoms with Gasteiger partial charge in [0.05, 0.1) is 0 Å². The van der Waals surface area contributed by atoms with Crippen molar-refractivity contribution in [2.24, 2.45) is 5.92 Å². The summed E-state index contributed by atoms with van der Waals surface area (Å²) in [5.74, 6) is 0.558. The normalized spacial score (nSPS) is 18.4. The van der Waals surface area contributed by atoms with Crippen molar-refractivity contribution in [1.82, 2.24) is 0 Å². The van der Waals surface area contributed by atoms with Crippen LogP contribution in [0.25, 0.3) is 22.8 Å². The minimum absolute atomic E-state index is 0.558.